The van der Waals surface area contributed by atoms with Crippen LogP contribution in [0.2, 0.25) is 15.1 Å². The maximum Gasteiger partial charge on any atom is 0.338 e. The van der Waals surface area contributed by atoms with Crippen LogP contribution in [-0.4, -0.2) is 25.5 Å². The van der Waals surface area contributed by atoms with E-state index in [1.807, 2.05) is 0 Å². The third-order valence-corrected chi connectivity index (χ3v) is 3.64. The Morgan fingerprint density at radius 1 is 0.957 bits per heavy atom. The molecule has 120 valence electrons. The normalized spacial score (nSPS) is 10.3. The van der Waals surface area contributed by atoms with Gasteiger partial charge < -0.3 is 9.47 Å². The standard InChI is InChI=1S/C16H11Cl3O4/c1-22-15-3-2-9(6-13(15)19)14(20)8-23-16(21)10-4-11(17)7-12(18)5-10/h2-7H,8H2,1H3. The molecular formula is C16H11Cl3O4. The molecule has 0 aliphatic heterocycles. The Morgan fingerprint density at radius 3 is 2.17 bits per heavy atom. The highest BCUT2D eigenvalue weighted by atomic mass is 35.5. The van der Waals surface area contributed by atoms with Gasteiger partial charge in [0, 0.05) is 15.6 Å². The topological polar surface area (TPSA) is 52.6 Å². The minimum atomic E-state index is -0.692. The molecule has 0 unspecified atom stereocenters. The Morgan fingerprint density at radius 2 is 1.61 bits per heavy atom. The van der Waals surface area contributed by atoms with Gasteiger partial charge in [-0.25, -0.2) is 4.79 Å². The molecule has 2 aromatic carbocycles. The van der Waals surface area contributed by atoms with Gasteiger partial charge in [0.05, 0.1) is 17.7 Å². The molecule has 0 bridgehead atoms. The SMILES string of the molecule is COc1ccc(C(=O)COC(=O)c2cc(Cl)cc(Cl)c2)cc1Cl. The van der Waals surface area contributed by atoms with Crippen LogP contribution in [0.5, 0.6) is 5.75 Å². The van der Waals surface area contributed by atoms with Crippen LogP contribution in [-0.2, 0) is 4.74 Å². The van der Waals surface area contributed by atoms with Gasteiger partial charge in [0.2, 0.25) is 0 Å². The molecule has 4 nitrogen and oxygen atoms in total. The fourth-order valence-corrected chi connectivity index (χ4v) is 2.59. The first-order chi connectivity index (χ1) is 10.9. The van der Waals surface area contributed by atoms with Crippen molar-refractivity contribution in [2.45, 2.75) is 0 Å². The summed E-state index contributed by atoms with van der Waals surface area (Å²) in [6, 6.07) is 8.86. The molecule has 2 aromatic rings. The van der Waals surface area contributed by atoms with Gasteiger partial charge in [0.25, 0.3) is 0 Å². The van der Waals surface area contributed by atoms with Crippen LogP contribution in [0.25, 0.3) is 0 Å². The van der Waals surface area contributed by atoms with Gasteiger partial charge in [-0.05, 0) is 36.4 Å². The van der Waals surface area contributed by atoms with E-state index in [2.05, 4.69) is 0 Å². The smallest absolute Gasteiger partial charge is 0.338 e. The van der Waals surface area contributed by atoms with Crippen molar-refractivity contribution in [3.63, 3.8) is 0 Å². The number of esters is 1. The molecule has 0 atom stereocenters. The highest BCUT2D eigenvalue weighted by Gasteiger charge is 2.14. The van der Waals surface area contributed by atoms with Crippen molar-refractivity contribution in [1.82, 2.24) is 0 Å². The van der Waals surface area contributed by atoms with Crippen LogP contribution in [0.1, 0.15) is 20.7 Å². The van der Waals surface area contributed by atoms with Crippen molar-refractivity contribution in [2.75, 3.05) is 13.7 Å². The molecule has 0 fully saturated rings. The molecule has 0 saturated heterocycles. The zero-order chi connectivity index (χ0) is 17.0. The fraction of sp³-hybridized carbons (Fsp3) is 0.125. The first kappa shape index (κ1) is 17.6. The number of benzene rings is 2. The number of carbonyl (C=O) groups excluding carboxylic acids is 2. The molecule has 0 aliphatic carbocycles. The molecule has 7 heteroatoms. The molecule has 0 saturated carbocycles. The molecular weight excluding hydrogens is 363 g/mol. The Bertz CT molecular complexity index is 739. The second kappa shape index (κ2) is 7.68. The number of ether oxygens (including phenoxy) is 2. The predicted molar refractivity (Wildman–Crippen MR) is 89.1 cm³/mol. The maximum atomic E-state index is 12.0. The van der Waals surface area contributed by atoms with Crippen molar-refractivity contribution >= 4 is 46.6 Å². The van der Waals surface area contributed by atoms with Crippen molar-refractivity contribution in [1.29, 1.82) is 0 Å². The van der Waals surface area contributed by atoms with Gasteiger partial charge >= 0.3 is 5.97 Å². The fourth-order valence-electron chi connectivity index (χ4n) is 1.81. The molecule has 0 radical (unpaired) electrons. The lowest BCUT2D eigenvalue weighted by molar-refractivity contribution is 0.0475. The molecule has 2 rings (SSSR count). The van der Waals surface area contributed by atoms with Gasteiger partial charge in [-0.3, -0.25) is 4.79 Å². The second-order valence-corrected chi connectivity index (χ2v) is 5.79. The third-order valence-electron chi connectivity index (χ3n) is 2.91. The van der Waals surface area contributed by atoms with E-state index in [1.54, 1.807) is 6.07 Å². The number of hydrogen-bond donors (Lipinski definition) is 0. The molecule has 0 amide bonds. The van der Waals surface area contributed by atoms with Crippen molar-refractivity contribution in [3.05, 3.63) is 62.6 Å². The summed E-state index contributed by atoms with van der Waals surface area (Å²) in [4.78, 5) is 24.0. The van der Waals surface area contributed by atoms with E-state index in [1.165, 1.54) is 37.4 Å². The lowest BCUT2D eigenvalue weighted by atomic mass is 10.1. The number of Topliss-reactive ketones (excluding diaryl/α,β-unsaturated/α-hetero) is 1. The summed E-state index contributed by atoms with van der Waals surface area (Å²) in [5.41, 5.74) is 0.482. The van der Waals surface area contributed by atoms with Crippen LogP contribution in [0.4, 0.5) is 0 Å². The maximum absolute atomic E-state index is 12.0. The van der Waals surface area contributed by atoms with Crippen LogP contribution >= 0.6 is 34.8 Å². The van der Waals surface area contributed by atoms with Gasteiger partial charge in [-0.15, -0.1) is 0 Å². The highest BCUT2D eigenvalue weighted by molar-refractivity contribution is 6.35. The van der Waals surface area contributed by atoms with E-state index < -0.39 is 18.4 Å². The van der Waals surface area contributed by atoms with Gasteiger partial charge in [0.15, 0.2) is 12.4 Å². The minimum Gasteiger partial charge on any atom is -0.495 e. The van der Waals surface area contributed by atoms with Crippen LogP contribution in [0.3, 0.4) is 0 Å². The average molecular weight is 374 g/mol. The largest absolute Gasteiger partial charge is 0.495 e. The van der Waals surface area contributed by atoms with Crippen LogP contribution in [0.15, 0.2) is 36.4 Å². The van der Waals surface area contributed by atoms with Crippen molar-refractivity contribution in [3.8, 4) is 5.75 Å². The Hall–Kier alpha value is -1.75. The first-order valence-corrected chi connectivity index (χ1v) is 7.54. The van der Waals surface area contributed by atoms with E-state index in [-0.39, 0.29) is 5.56 Å². The highest BCUT2D eigenvalue weighted by Crippen LogP contribution is 2.25. The second-order valence-electron chi connectivity index (χ2n) is 4.51. The number of carbonyl (C=O) groups is 2. The molecule has 0 aromatic heterocycles. The van der Waals surface area contributed by atoms with Gasteiger partial charge in [0.1, 0.15) is 5.75 Å². The Labute approximate surface area is 147 Å². The summed E-state index contributed by atoms with van der Waals surface area (Å²) >= 11 is 17.6. The quantitative estimate of drug-likeness (QED) is 0.563. The molecule has 0 aliphatic rings. The number of halogens is 3. The Kier molecular flexibility index (Phi) is 5.88. The number of methoxy groups -OCH3 is 1. The third kappa shape index (κ3) is 4.61. The average Bonchev–Trinajstić information content (AvgIpc) is 2.51. The monoisotopic (exact) mass is 372 g/mol. The van der Waals surface area contributed by atoms with Crippen LogP contribution in [0, 0.1) is 0 Å². The van der Waals surface area contributed by atoms with Gasteiger partial charge in [-0.2, -0.15) is 0 Å². The molecule has 0 spiro atoms. The molecule has 0 N–H and O–H groups in total. The van der Waals surface area contributed by atoms with Crippen LogP contribution < -0.4 is 4.74 Å². The summed E-state index contributed by atoms with van der Waals surface area (Å²) < 4.78 is 9.98. The van der Waals surface area contributed by atoms with Gasteiger partial charge in [-0.1, -0.05) is 34.8 Å². The molecule has 0 heterocycles. The number of rotatable bonds is 5. The summed E-state index contributed by atoms with van der Waals surface area (Å²) in [5.74, 6) is -0.632. The zero-order valence-electron chi connectivity index (χ0n) is 11.9. The minimum absolute atomic E-state index is 0.170. The lowest BCUT2D eigenvalue weighted by Crippen LogP contribution is -2.14. The predicted octanol–water partition coefficient (Wildman–Crippen LogP) is 4.70. The van der Waals surface area contributed by atoms with E-state index in [0.29, 0.717) is 26.4 Å². The Balaban J connectivity index is 2.03. The lowest BCUT2D eigenvalue weighted by Gasteiger charge is -2.07. The number of ketones is 1. The van der Waals surface area contributed by atoms with E-state index in [9.17, 15) is 9.59 Å². The first-order valence-electron chi connectivity index (χ1n) is 6.40. The van der Waals surface area contributed by atoms with E-state index in [0.717, 1.165) is 0 Å². The zero-order valence-corrected chi connectivity index (χ0v) is 14.2. The summed E-state index contributed by atoms with van der Waals surface area (Å²) in [6.45, 7) is -0.425. The summed E-state index contributed by atoms with van der Waals surface area (Å²) in [7, 11) is 1.47. The summed E-state index contributed by atoms with van der Waals surface area (Å²) in [6.07, 6.45) is 0. The number of hydrogen-bond acceptors (Lipinski definition) is 4. The van der Waals surface area contributed by atoms with E-state index in [4.69, 9.17) is 44.3 Å². The van der Waals surface area contributed by atoms with Crippen molar-refractivity contribution < 1.29 is 19.1 Å². The van der Waals surface area contributed by atoms with Crippen molar-refractivity contribution in [2.24, 2.45) is 0 Å². The van der Waals surface area contributed by atoms with E-state index >= 15 is 0 Å². The summed E-state index contributed by atoms with van der Waals surface area (Å²) in [5, 5.41) is 0.904. The molecule has 23 heavy (non-hydrogen) atoms.